The first-order valence-electron chi connectivity index (χ1n) is 5.88. The maximum absolute atomic E-state index is 11.6. The van der Waals surface area contributed by atoms with E-state index in [1.165, 1.54) is 0 Å². The second kappa shape index (κ2) is 4.93. The van der Waals surface area contributed by atoms with Crippen LogP contribution in [0.3, 0.4) is 0 Å². The first-order valence-corrected chi connectivity index (χ1v) is 5.88. The molecule has 0 saturated carbocycles. The Balaban J connectivity index is 2.15. The number of amides is 1. The van der Waals surface area contributed by atoms with Crippen molar-refractivity contribution in [1.29, 1.82) is 0 Å². The normalized spacial score (nSPS) is 11.4. The van der Waals surface area contributed by atoms with E-state index in [0.29, 0.717) is 11.1 Å². The number of nitrogens with zero attached hydrogens (tertiary/aromatic N) is 1. The minimum atomic E-state index is -0.624. The van der Waals surface area contributed by atoms with Crippen molar-refractivity contribution >= 4 is 36.2 Å². The molecule has 2 N–H and O–H groups in total. The van der Waals surface area contributed by atoms with Crippen LogP contribution >= 0.6 is 0 Å². The van der Waals surface area contributed by atoms with Gasteiger partial charge in [-0.2, -0.15) is 4.98 Å². The third-order valence-corrected chi connectivity index (χ3v) is 2.24. The van der Waals surface area contributed by atoms with Gasteiger partial charge in [-0.3, -0.25) is 0 Å². The van der Waals surface area contributed by atoms with Gasteiger partial charge in [0.15, 0.2) is 5.58 Å². The highest BCUT2D eigenvalue weighted by Crippen LogP contribution is 2.18. The van der Waals surface area contributed by atoms with Crippen LogP contribution in [0.1, 0.15) is 20.8 Å². The number of oxazole rings is 1. The summed E-state index contributed by atoms with van der Waals surface area (Å²) in [6, 6.07) is 5.18. The number of ether oxygens (including phenoxy) is 1. The van der Waals surface area contributed by atoms with Crippen LogP contribution < -0.4 is 10.8 Å². The number of carbonyl (C=O) groups excluding carboxylic acids is 1. The summed E-state index contributed by atoms with van der Waals surface area (Å²) >= 11 is 0. The molecule has 19 heavy (non-hydrogen) atoms. The lowest BCUT2D eigenvalue weighted by molar-refractivity contribution is 0.0632. The maximum Gasteiger partial charge on any atom is 0.415 e. The molecule has 1 aromatic heterocycles. The van der Waals surface area contributed by atoms with Gasteiger partial charge in [-0.05, 0) is 32.9 Å². The molecular weight excluding hydrogens is 247 g/mol. The van der Waals surface area contributed by atoms with E-state index in [0.717, 1.165) is 5.46 Å². The molecule has 1 amide bonds. The average Bonchev–Trinajstić information content (AvgIpc) is 2.66. The van der Waals surface area contributed by atoms with Crippen LogP contribution in [-0.4, -0.2) is 29.2 Å². The Morgan fingerprint density at radius 1 is 1.47 bits per heavy atom. The summed E-state index contributed by atoms with van der Waals surface area (Å²) in [6.45, 7) is 5.31. The fraction of sp³-hybridized carbons (Fsp3) is 0.333. The fourth-order valence-electron chi connectivity index (χ4n) is 1.52. The van der Waals surface area contributed by atoms with Crippen molar-refractivity contribution in [3.63, 3.8) is 0 Å². The van der Waals surface area contributed by atoms with Crippen molar-refractivity contribution in [2.45, 2.75) is 26.4 Å². The van der Waals surface area contributed by atoms with E-state index in [4.69, 9.17) is 14.2 Å². The van der Waals surface area contributed by atoms with Gasteiger partial charge >= 0.3 is 19.6 Å². The number of benzene rings is 1. The third kappa shape index (κ3) is 3.48. The Labute approximate surface area is 111 Å². The summed E-state index contributed by atoms with van der Waals surface area (Å²) in [5, 5.41) is 11.5. The van der Waals surface area contributed by atoms with Crippen molar-refractivity contribution in [2.24, 2.45) is 0 Å². The molecular formula is C12H15BN2O4. The molecule has 100 valence electrons. The van der Waals surface area contributed by atoms with Crippen LogP contribution in [0.4, 0.5) is 10.8 Å². The number of hydrogen-bond acceptors (Lipinski definition) is 5. The highest BCUT2D eigenvalue weighted by Gasteiger charge is 2.18. The zero-order valence-corrected chi connectivity index (χ0v) is 11.1. The topological polar surface area (TPSA) is 84.6 Å². The van der Waals surface area contributed by atoms with Gasteiger partial charge in [-0.1, -0.05) is 11.5 Å². The SMILES string of the molecule is CC(C)(C)OC(=O)Nc1nc2cc(BO)ccc2o1. The monoisotopic (exact) mass is 262 g/mol. The van der Waals surface area contributed by atoms with Gasteiger partial charge in [-0.25, -0.2) is 10.1 Å². The van der Waals surface area contributed by atoms with E-state index in [-0.39, 0.29) is 13.5 Å². The van der Waals surface area contributed by atoms with Crippen LogP contribution in [0.2, 0.25) is 0 Å². The van der Waals surface area contributed by atoms with Gasteiger partial charge in [-0.15, -0.1) is 0 Å². The smallest absolute Gasteiger partial charge is 0.415 e. The molecule has 6 nitrogen and oxygen atoms in total. The number of nitrogens with one attached hydrogen (secondary N) is 1. The van der Waals surface area contributed by atoms with Crippen molar-refractivity contribution in [3.8, 4) is 0 Å². The zero-order chi connectivity index (χ0) is 14.0. The third-order valence-electron chi connectivity index (χ3n) is 2.24. The molecule has 0 saturated heterocycles. The Bertz CT molecular complexity index is 603. The van der Waals surface area contributed by atoms with E-state index in [1.54, 1.807) is 39.0 Å². The largest absolute Gasteiger partial charge is 0.449 e. The van der Waals surface area contributed by atoms with Gasteiger partial charge in [0.05, 0.1) is 0 Å². The van der Waals surface area contributed by atoms with Crippen LogP contribution in [0.25, 0.3) is 11.1 Å². The summed E-state index contributed by atoms with van der Waals surface area (Å²) in [4.78, 5) is 15.7. The molecule has 0 aliphatic carbocycles. The van der Waals surface area contributed by atoms with Crippen LogP contribution in [-0.2, 0) is 4.74 Å². The molecule has 0 bridgehead atoms. The van der Waals surface area contributed by atoms with Gasteiger partial charge in [0.1, 0.15) is 11.1 Å². The Kier molecular flexibility index (Phi) is 3.48. The number of anilines is 1. The number of hydrogen-bond donors (Lipinski definition) is 2. The fourth-order valence-corrected chi connectivity index (χ4v) is 1.52. The van der Waals surface area contributed by atoms with E-state index in [1.807, 2.05) is 0 Å². The number of rotatable bonds is 2. The lowest BCUT2D eigenvalue weighted by Crippen LogP contribution is -2.27. The van der Waals surface area contributed by atoms with Crippen LogP contribution in [0.5, 0.6) is 0 Å². The van der Waals surface area contributed by atoms with Crippen molar-refractivity contribution in [2.75, 3.05) is 5.32 Å². The average molecular weight is 262 g/mol. The summed E-state index contributed by atoms with van der Waals surface area (Å²) < 4.78 is 10.4. The lowest BCUT2D eigenvalue weighted by atomic mass is 9.89. The zero-order valence-electron chi connectivity index (χ0n) is 11.1. The summed E-state index contributed by atoms with van der Waals surface area (Å²) in [6.07, 6.45) is -0.624. The number of carbonyl (C=O) groups is 1. The maximum atomic E-state index is 11.6. The van der Waals surface area contributed by atoms with Gasteiger partial charge in [0.2, 0.25) is 0 Å². The number of aromatic nitrogens is 1. The molecule has 2 aromatic rings. The minimum absolute atomic E-state index is 0.0688. The predicted molar refractivity (Wildman–Crippen MR) is 72.9 cm³/mol. The van der Waals surface area contributed by atoms with E-state index in [2.05, 4.69) is 10.3 Å². The van der Waals surface area contributed by atoms with Crippen molar-refractivity contribution < 1.29 is 19.0 Å². The number of fused-ring (bicyclic) bond motifs is 1. The highest BCUT2D eigenvalue weighted by atomic mass is 16.6. The Morgan fingerprint density at radius 3 is 2.84 bits per heavy atom. The molecule has 0 atom stereocenters. The van der Waals surface area contributed by atoms with Gasteiger partial charge < -0.3 is 14.2 Å². The summed E-state index contributed by atoms with van der Waals surface area (Å²) in [5.41, 5.74) is 1.24. The molecule has 0 fully saturated rings. The first-order chi connectivity index (χ1) is 8.87. The van der Waals surface area contributed by atoms with Crippen LogP contribution in [0, 0.1) is 0 Å². The Hall–Kier alpha value is -2.02. The standard InChI is InChI=1S/C12H15BN2O4/c1-12(2,3)19-11(16)15-10-14-8-6-7(13-17)4-5-9(8)18-10/h4-6,13,17H,1-3H3,(H,14,15,16). The summed E-state index contributed by atoms with van der Waals surface area (Å²) in [5.74, 6) is 0. The van der Waals surface area contributed by atoms with Crippen molar-refractivity contribution in [3.05, 3.63) is 18.2 Å². The molecule has 0 aliphatic rings. The second-order valence-electron chi connectivity index (χ2n) is 5.11. The van der Waals surface area contributed by atoms with E-state index >= 15 is 0 Å². The van der Waals surface area contributed by atoms with Crippen LogP contribution in [0.15, 0.2) is 22.6 Å². The first kappa shape index (κ1) is 13.4. The lowest BCUT2D eigenvalue weighted by Gasteiger charge is -2.18. The molecule has 1 aromatic carbocycles. The van der Waals surface area contributed by atoms with E-state index < -0.39 is 11.7 Å². The quantitative estimate of drug-likeness (QED) is 0.793. The molecule has 0 spiro atoms. The van der Waals surface area contributed by atoms with Gasteiger partial charge in [0.25, 0.3) is 0 Å². The molecule has 7 heteroatoms. The Morgan fingerprint density at radius 2 is 2.21 bits per heavy atom. The van der Waals surface area contributed by atoms with Crippen molar-refractivity contribution in [1.82, 2.24) is 4.98 Å². The highest BCUT2D eigenvalue weighted by molar-refractivity contribution is 6.45. The predicted octanol–water partition coefficient (Wildman–Crippen LogP) is 1.14. The molecule has 1 heterocycles. The molecule has 2 rings (SSSR count). The molecule has 0 aliphatic heterocycles. The summed E-state index contributed by atoms with van der Waals surface area (Å²) in [7, 11) is -0.0718. The van der Waals surface area contributed by atoms with Gasteiger partial charge in [0, 0.05) is 0 Å². The molecule has 0 radical (unpaired) electrons. The molecule has 0 unspecified atom stereocenters. The second-order valence-corrected chi connectivity index (χ2v) is 5.11. The van der Waals surface area contributed by atoms with E-state index in [9.17, 15) is 4.79 Å². The minimum Gasteiger partial charge on any atom is -0.449 e.